The van der Waals surface area contributed by atoms with Crippen LogP contribution in [0.15, 0.2) is 42.5 Å². The van der Waals surface area contributed by atoms with Crippen LogP contribution in [0.25, 0.3) is 0 Å². The molecule has 0 saturated heterocycles. The highest BCUT2D eigenvalue weighted by Crippen LogP contribution is 2.29. The predicted molar refractivity (Wildman–Crippen MR) is 103 cm³/mol. The zero-order valence-corrected chi connectivity index (χ0v) is 15.7. The fourth-order valence-electron chi connectivity index (χ4n) is 2.51. The van der Waals surface area contributed by atoms with E-state index in [0.717, 1.165) is 5.56 Å². The highest BCUT2D eigenvalue weighted by atomic mass is 16.5. The summed E-state index contributed by atoms with van der Waals surface area (Å²) in [6.45, 7) is 0.952. The van der Waals surface area contributed by atoms with Crippen molar-refractivity contribution in [1.82, 2.24) is 5.32 Å². The molecule has 0 heterocycles. The van der Waals surface area contributed by atoms with E-state index in [1.165, 1.54) is 14.2 Å². The molecule has 2 amide bonds. The van der Waals surface area contributed by atoms with E-state index in [0.29, 0.717) is 35.9 Å². The van der Waals surface area contributed by atoms with Crippen molar-refractivity contribution in [1.29, 1.82) is 0 Å². The molecular weight excluding hydrogens is 348 g/mol. The maximum absolute atomic E-state index is 12.6. The maximum atomic E-state index is 12.6. The molecule has 0 aliphatic rings. The van der Waals surface area contributed by atoms with Gasteiger partial charge in [0.2, 0.25) is 5.91 Å². The van der Waals surface area contributed by atoms with Crippen LogP contribution < -0.4 is 20.1 Å². The van der Waals surface area contributed by atoms with Gasteiger partial charge in [0.15, 0.2) is 0 Å². The summed E-state index contributed by atoms with van der Waals surface area (Å²) in [5, 5.41) is 5.58. The van der Waals surface area contributed by atoms with E-state index in [2.05, 4.69) is 10.6 Å². The number of hydrogen-bond acceptors (Lipinski definition) is 5. The molecule has 144 valence electrons. The van der Waals surface area contributed by atoms with Crippen LogP contribution in [0.3, 0.4) is 0 Å². The number of carbonyl (C=O) groups is 2. The quantitative estimate of drug-likeness (QED) is 0.660. The van der Waals surface area contributed by atoms with Crippen LogP contribution in [0.1, 0.15) is 15.9 Å². The van der Waals surface area contributed by atoms with E-state index in [1.807, 2.05) is 0 Å². The molecule has 7 heteroatoms. The molecule has 0 radical (unpaired) electrons. The molecule has 2 aromatic carbocycles. The smallest absolute Gasteiger partial charge is 0.263 e. The Morgan fingerprint density at radius 2 is 1.56 bits per heavy atom. The van der Waals surface area contributed by atoms with E-state index < -0.39 is 0 Å². The van der Waals surface area contributed by atoms with Gasteiger partial charge in [0.1, 0.15) is 17.1 Å². The molecule has 27 heavy (non-hydrogen) atoms. The Hall–Kier alpha value is -3.06. The van der Waals surface area contributed by atoms with Gasteiger partial charge >= 0.3 is 0 Å². The van der Waals surface area contributed by atoms with Gasteiger partial charge < -0.3 is 24.8 Å². The molecule has 0 fully saturated rings. The monoisotopic (exact) mass is 372 g/mol. The number of benzene rings is 2. The third kappa shape index (κ3) is 5.72. The molecule has 2 aromatic rings. The van der Waals surface area contributed by atoms with Crippen molar-refractivity contribution < 1.29 is 23.8 Å². The summed E-state index contributed by atoms with van der Waals surface area (Å²) in [5.41, 5.74) is 1.78. The van der Waals surface area contributed by atoms with Gasteiger partial charge in [-0.2, -0.15) is 0 Å². The molecule has 2 N–H and O–H groups in total. The van der Waals surface area contributed by atoms with Crippen molar-refractivity contribution in [3.63, 3.8) is 0 Å². The fourth-order valence-corrected chi connectivity index (χ4v) is 2.51. The summed E-state index contributed by atoms with van der Waals surface area (Å²) in [5.74, 6) is 0.435. The minimum atomic E-state index is -0.339. The second-order valence-corrected chi connectivity index (χ2v) is 5.71. The lowest BCUT2D eigenvalue weighted by Gasteiger charge is -2.13. The number of methoxy groups -OCH3 is 3. The number of hydrogen-bond donors (Lipinski definition) is 2. The molecule has 0 atom stereocenters. The van der Waals surface area contributed by atoms with Gasteiger partial charge in [-0.05, 0) is 29.8 Å². The molecule has 0 aliphatic carbocycles. The van der Waals surface area contributed by atoms with Crippen molar-refractivity contribution in [2.45, 2.75) is 6.42 Å². The first kappa shape index (κ1) is 20.3. The first-order valence-corrected chi connectivity index (χ1v) is 8.46. The minimum absolute atomic E-state index is 0.0809. The SMILES string of the molecule is COCCNC(=O)Cc1ccc(NC(=O)c2c(OC)cccc2OC)cc1. The largest absolute Gasteiger partial charge is 0.496 e. The van der Waals surface area contributed by atoms with Crippen molar-refractivity contribution in [2.75, 3.05) is 39.8 Å². The zero-order valence-electron chi connectivity index (χ0n) is 15.7. The van der Waals surface area contributed by atoms with Crippen molar-refractivity contribution in [3.8, 4) is 11.5 Å². The van der Waals surface area contributed by atoms with E-state index in [9.17, 15) is 9.59 Å². The molecule has 0 aliphatic heterocycles. The average molecular weight is 372 g/mol. The summed E-state index contributed by atoms with van der Waals surface area (Å²) >= 11 is 0. The van der Waals surface area contributed by atoms with E-state index in [4.69, 9.17) is 14.2 Å². The van der Waals surface area contributed by atoms with Crippen LogP contribution in [-0.4, -0.2) is 46.3 Å². The third-order valence-corrected chi connectivity index (χ3v) is 3.86. The van der Waals surface area contributed by atoms with Gasteiger partial charge in [0, 0.05) is 19.3 Å². The Balaban J connectivity index is 2.02. The van der Waals surface area contributed by atoms with E-state index in [-0.39, 0.29) is 18.2 Å². The lowest BCUT2D eigenvalue weighted by atomic mass is 10.1. The lowest BCUT2D eigenvalue weighted by Crippen LogP contribution is -2.28. The van der Waals surface area contributed by atoms with Gasteiger partial charge in [-0.3, -0.25) is 9.59 Å². The topological polar surface area (TPSA) is 85.9 Å². The van der Waals surface area contributed by atoms with Gasteiger partial charge in [-0.1, -0.05) is 18.2 Å². The van der Waals surface area contributed by atoms with Gasteiger partial charge in [0.25, 0.3) is 5.91 Å². The highest BCUT2D eigenvalue weighted by Gasteiger charge is 2.18. The number of rotatable bonds is 9. The Morgan fingerprint density at radius 1 is 0.926 bits per heavy atom. The number of nitrogens with one attached hydrogen (secondary N) is 2. The minimum Gasteiger partial charge on any atom is -0.496 e. The molecule has 0 spiro atoms. The second kappa shape index (κ2) is 10.2. The number of carbonyl (C=O) groups excluding carboxylic acids is 2. The van der Waals surface area contributed by atoms with Crippen molar-refractivity contribution >= 4 is 17.5 Å². The second-order valence-electron chi connectivity index (χ2n) is 5.71. The lowest BCUT2D eigenvalue weighted by molar-refractivity contribution is -0.120. The average Bonchev–Trinajstić information content (AvgIpc) is 2.68. The van der Waals surface area contributed by atoms with Crippen LogP contribution in [0, 0.1) is 0 Å². The van der Waals surface area contributed by atoms with Gasteiger partial charge in [-0.15, -0.1) is 0 Å². The number of anilines is 1. The molecule has 0 aromatic heterocycles. The standard InChI is InChI=1S/C20H24N2O5/c1-25-12-11-21-18(23)13-14-7-9-15(10-8-14)22-20(24)19-16(26-2)5-4-6-17(19)27-3/h4-10H,11-13H2,1-3H3,(H,21,23)(H,22,24). The zero-order chi connectivity index (χ0) is 19.6. The Morgan fingerprint density at radius 3 is 2.11 bits per heavy atom. The van der Waals surface area contributed by atoms with E-state index >= 15 is 0 Å². The van der Waals surface area contributed by atoms with Crippen molar-refractivity contribution in [2.24, 2.45) is 0 Å². The van der Waals surface area contributed by atoms with Crippen molar-refractivity contribution in [3.05, 3.63) is 53.6 Å². The molecule has 2 rings (SSSR count). The molecule has 0 bridgehead atoms. The van der Waals surface area contributed by atoms with Gasteiger partial charge in [-0.25, -0.2) is 0 Å². The van der Waals surface area contributed by atoms with Crippen LogP contribution in [0.4, 0.5) is 5.69 Å². The van der Waals surface area contributed by atoms with Crippen LogP contribution >= 0.6 is 0 Å². The predicted octanol–water partition coefficient (Wildman–Crippen LogP) is 2.26. The summed E-state index contributed by atoms with van der Waals surface area (Å²) in [6.07, 6.45) is 0.262. The Kier molecular flexibility index (Phi) is 7.63. The Labute approximate surface area is 158 Å². The van der Waals surface area contributed by atoms with Crippen LogP contribution in [0.5, 0.6) is 11.5 Å². The van der Waals surface area contributed by atoms with Gasteiger partial charge in [0.05, 0.1) is 27.2 Å². The first-order valence-electron chi connectivity index (χ1n) is 8.46. The number of amides is 2. The van der Waals surface area contributed by atoms with E-state index in [1.54, 1.807) is 49.6 Å². The summed E-state index contributed by atoms with van der Waals surface area (Å²) in [6, 6.07) is 12.2. The highest BCUT2D eigenvalue weighted by molar-refractivity contribution is 6.08. The molecule has 0 saturated carbocycles. The molecular formula is C20H24N2O5. The van der Waals surface area contributed by atoms with Crippen LogP contribution in [-0.2, 0) is 16.0 Å². The molecule has 0 unspecified atom stereocenters. The summed E-state index contributed by atoms with van der Waals surface area (Å²) in [4.78, 5) is 24.4. The summed E-state index contributed by atoms with van der Waals surface area (Å²) < 4.78 is 15.4. The van der Waals surface area contributed by atoms with Crippen LogP contribution in [0.2, 0.25) is 0 Å². The summed E-state index contributed by atoms with van der Waals surface area (Å²) in [7, 11) is 4.58. The Bertz CT molecular complexity index is 752. The maximum Gasteiger partial charge on any atom is 0.263 e. The number of ether oxygens (including phenoxy) is 3. The third-order valence-electron chi connectivity index (χ3n) is 3.86. The molecule has 7 nitrogen and oxygen atoms in total. The first-order chi connectivity index (χ1) is 13.1. The fraction of sp³-hybridized carbons (Fsp3) is 0.300. The normalized spacial score (nSPS) is 10.2.